The number of likely N-dealkylation sites (tertiary alicyclic amines) is 1. The highest BCUT2D eigenvalue weighted by Crippen LogP contribution is 2.25. The van der Waals surface area contributed by atoms with Gasteiger partial charge in [-0.05, 0) is 37.4 Å². The molecule has 0 bridgehead atoms. The van der Waals surface area contributed by atoms with Crippen LogP contribution >= 0.6 is 0 Å². The molecule has 1 fully saturated rings. The second-order valence-corrected chi connectivity index (χ2v) is 4.85. The molecule has 1 aliphatic rings. The van der Waals surface area contributed by atoms with Gasteiger partial charge in [-0.3, -0.25) is 9.69 Å². The van der Waals surface area contributed by atoms with Gasteiger partial charge in [0, 0.05) is 6.04 Å². The van der Waals surface area contributed by atoms with Gasteiger partial charge in [-0.2, -0.15) is 0 Å². The first-order valence-corrected chi connectivity index (χ1v) is 5.98. The quantitative estimate of drug-likeness (QED) is 0.733. The summed E-state index contributed by atoms with van der Waals surface area (Å²) in [5, 5.41) is 0. The van der Waals surface area contributed by atoms with E-state index in [0.717, 1.165) is 25.1 Å². The minimum Gasteiger partial charge on any atom is -0.457 e. The van der Waals surface area contributed by atoms with Gasteiger partial charge >= 0.3 is 0 Å². The lowest BCUT2D eigenvalue weighted by Gasteiger charge is -2.26. The summed E-state index contributed by atoms with van der Waals surface area (Å²) in [5.74, 6) is 2.01. The molecule has 1 atom stereocenters. The lowest BCUT2D eigenvalue weighted by Crippen LogP contribution is -2.32. The summed E-state index contributed by atoms with van der Waals surface area (Å²) in [6, 6.07) is 4.30. The van der Waals surface area contributed by atoms with Gasteiger partial charge in [-0.15, -0.1) is 0 Å². The van der Waals surface area contributed by atoms with Crippen molar-refractivity contribution < 1.29 is 9.21 Å². The van der Waals surface area contributed by atoms with E-state index in [1.165, 1.54) is 12.8 Å². The highest BCUT2D eigenvalue weighted by atomic mass is 16.3. The Kier molecular flexibility index (Phi) is 3.44. The van der Waals surface area contributed by atoms with E-state index in [-0.39, 0.29) is 0 Å². The van der Waals surface area contributed by atoms with Gasteiger partial charge in [-0.1, -0.05) is 13.8 Å². The molecule has 1 saturated heterocycles. The van der Waals surface area contributed by atoms with E-state index in [4.69, 9.17) is 4.42 Å². The summed E-state index contributed by atoms with van der Waals surface area (Å²) in [5.41, 5.74) is 0. The Balaban J connectivity index is 2.00. The van der Waals surface area contributed by atoms with Gasteiger partial charge in [0.05, 0.1) is 6.54 Å². The molecule has 2 rings (SSSR count). The van der Waals surface area contributed by atoms with Crippen molar-refractivity contribution in [1.82, 2.24) is 4.90 Å². The molecule has 0 spiro atoms. The molecule has 3 nitrogen and oxygen atoms in total. The second-order valence-electron chi connectivity index (χ2n) is 4.85. The molecule has 2 heterocycles. The minimum absolute atomic E-state index is 0.426. The van der Waals surface area contributed by atoms with Crippen molar-refractivity contribution in [3.63, 3.8) is 0 Å². The largest absolute Gasteiger partial charge is 0.457 e. The van der Waals surface area contributed by atoms with E-state index in [1.807, 2.05) is 6.07 Å². The highest BCUT2D eigenvalue weighted by molar-refractivity contribution is 5.70. The SMILES string of the molecule is CC(C)C1CCCN1Cc1ccc(C=O)o1. The fourth-order valence-corrected chi connectivity index (χ4v) is 2.55. The lowest BCUT2D eigenvalue weighted by atomic mass is 10.0. The number of hydrogen-bond donors (Lipinski definition) is 0. The first kappa shape index (κ1) is 11.4. The number of hydrogen-bond acceptors (Lipinski definition) is 3. The number of carbonyl (C=O) groups excluding carboxylic acids is 1. The molecule has 1 aromatic rings. The summed E-state index contributed by atoms with van der Waals surface area (Å²) < 4.78 is 5.41. The third-order valence-corrected chi connectivity index (χ3v) is 3.34. The molecule has 3 heteroatoms. The van der Waals surface area contributed by atoms with Gasteiger partial charge in [0.25, 0.3) is 0 Å². The summed E-state index contributed by atoms with van der Waals surface area (Å²) >= 11 is 0. The smallest absolute Gasteiger partial charge is 0.185 e. The van der Waals surface area contributed by atoms with Gasteiger partial charge in [0.2, 0.25) is 0 Å². The number of nitrogens with zero attached hydrogens (tertiary/aromatic N) is 1. The zero-order valence-electron chi connectivity index (χ0n) is 9.98. The maximum atomic E-state index is 10.5. The number of rotatable bonds is 4. The third kappa shape index (κ3) is 2.35. The summed E-state index contributed by atoms with van der Waals surface area (Å²) in [6.07, 6.45) is 3.30. The van der Waals surface area contributed by atoms with E-state index < -0.39 is 0 Å². The number of furan rings is 1. The first-order chi connectivity index (χ1) is 7.70. The fourth-order valence-electron chi connectivity index (χ4n) is 2.55. The van der Waals surface area contributed by atoms with Gasteiger partial charge in [-0.25, -0.2) is 0 Å². The van der Waals surface area contributed by atoms with Crippen molar-refractivity contribution in [3.8, 4) is 0 Å². The maximum absolute atomic E-state index is 10.5. The van der Waals surface area contributed by atoms with Crippen molar-refractivity contribution in [1.29, 1.82) is 0 Å². The summed E-state index contributed by atoms with van der Waals surface area (Å²) in [7, 11) is 0. The van der Waals surface area contributed by atoms with E-state index in [2.05, 4.69) is 18.7 Å². The molecule has 1 unspecified atom stereocenters. The van der Waals surface area contributed by atoms with Crippen molar-refractivity contribution in [2.24, 2.45) is 5.92 Å². The van der Waals surface area contributed by atoms with Crippen LogP contribution in [-0.4, -0.2) is 23.8 Å². The van der Waals surface area contributed by atoms with Crippen molar-refractivity contribution in [2.75, 3.05) is 6.54 Å². The Hall–Kier alpha value is -1.09. The summed E-state index contributed by atoms with van der Waals surface area (Å²) in [6.45, 7) is 6.50. The van der Waals surface area contributed by atoms with Gasteiger partial charge in [0.1, 0.15) is 5.76 Å². The predicted octanol–water partition coefficient (Wildman–Crippen LogP) is 2.71. The Morgan fingerprint density at radius 3 is 3.00 bits per heavy atom. The van der Waals surface area contributed by atoms with Crippen molar-refractivity contribution in [2.45, 2.75) is 39.3 Å². The van der Waals surface area contributed by atoms with E-state index in [0.29, 0.717) is 17.7 Å². The monoisotopic (exact) mass is 221 g/mol. The van der Waals surface area contributed by atoms with E-state index in [1.54, 1.807) is 6.07 Å². The predicted molar refractivity (Wildman–Crippen MR) is 62.4 cm³/mol. The first-order valence-electron chi connectivity index (χ1n) is 5.98. The van der Waals surface area contributed by atoms with Crippen LogP contribution in [0.25, 0.3) is 0 Å². The zero-order chi connectivity index (χ0) is 11.5. The summed E-state index contributed by atoms with van der Waals surface area (Å²) in [4.78, 5) is 13.0. The average molecular weight is 221 g/mol. The molecule has 0 saturated carbocycles. The fraction of sp³-hybridized carbons (Fsp3) is 0.615. The van der Waals surface area contributed by atoms with Crippen molar-refractivity contribution in [3.05, 3.63) is 23.7 Å². The number of carbonyl (C=O) groups is 1. The van der Waals surface area contributed by atoms with E-state index >= 15 is 0 Å². The molecule has 16 heavy (non-hydrogen) atoms. The van der Waals surface area contributed by atoms with Crippen LogP contribution in [0.4, 0.5) is 0 Å². The Morgan fingerprint density at radius 2 is 2.38 bits per heavy atom. The minimum atomic E-state index is 0.426. The van der Waals surface area contributed by atoms with Crippen LogP contribution in [0.5, 0.6) is 0 Å². The Bertz CT molecular complexity index is 357. The second kappa shape index (κ2) is 4.83. The van der Waals surface area contributed by atoms with Crippen LogP contribution < -0.4 is 0 Å². The molecule has 0 radical (unpaired) electrons. The lowest BCUT2D eigenvalue weighted by molar-refractivity contribution is 0.109. The topological polar surface area (TPSA) is 33.5 Å². The molecular formula is C13H19NO2. The standard InChI is InChI=1S/C13H19NO2/c1-10(2)13-4-3-7-14(13)8-11-5-6-12(9-15)16-11/h5-6,9-10,13H,3-4,7-8H2,1-2H3. The molecular weight excluding hydrogens is 202 g/mol. The molecule has 0 aliphatic carbocycles. The molecule has 0 aromatic carbocycles. The molecule has 0 N–H and O–H groups in total. The highest BCUT2D eigenvalue weighted by Gasteiger charge is 2.27. The third-order valence-electron chi connectivity index (χ3n) is 3.34. The Morgan fingerprint density at radius 1 is 1.56 bits per heavy atom. The van der Waals surface area contributed by atoms with Crippen molar-refractivity contribution >= 4 is 6.29 Å². The zero-order valence-corrected chi connectivity index (χ0v) is 9.98. The van der Waals surface area contributed by atoms with Crippen LogP contribution in [0.2, 0.25) is 0 Å². The van der Waals surface area contributed by atoms with Crippen LogP contribution in [0, 0.1) is 5.92 Å². The molecule has 1 aliphatic heterocycles. The van der Waals surface area contributed by atoms with Crippen LogP contribution in [0.3, 0.4) is 0 Å². The molecule has 1 aromatic heterocycles. The maximum Gasteiger partial charge on any atom is 0.185 e. The van der Waals surface area contributed by atoms with Crippen LogP contribution in [0.15, 0.2) is 16.5 Å². The van der Waals surface area contributed by atoms with Crippen LogP contribution in [0.1, 0.15) is 43.0 Å². The normalized spacial score (nSPS) is 21.8. The molecule has 0 amide bonds. The van der Waals surface area contributed by atoms with E-state index in [9.17, 15) is 4.79 Å². The van der Waals surface area contributed by atoms with Gasteiger partial charge < -0.3 is 4.42 Å². The van der Waals surface area contributed by atoms with Gasteiger partial charge in [0.15, 0.2) is 12.0 Å². The average Bonchev–Trinajstić information content (AvgIpc) is 2.87. The van der Waals surface area contributed by atoms with Crippen LogP contribution in [-0.2, 0) is 6.54 Å². The molecule has 88 valence electrons. The number of aldehydes is 1. The Labute approximate surface area is 96.4 Å².